The van der Waals surface area contributed by atoms with Gasteiger partial charge >= 0.3 is 5.97 Å². The van der Waals surface area contributed by atoms with E-state index in [1.165, 1.54) is 0 Å². The zero-order valence-corrected chi connectivity index (χ0v) is 11.4. The molecular weight excluding hydrogens is 246 g/mol. The quantitative estimate of drug-likeness (QED) is 0.699. The van der Waals surface area contributed by atoms with Gasteiger partial charge in [-0.25, -0.2) is 0 Å². The molecule has 0 heterocycles. The van der Waals surface area contributed by atoms with Crippen molar-refractivity contribution in [2.45, 2.75) is 51.0 Å². The van der Waals surface area contributed by atoms with Crippen LogP contribution in [0.5, 0.6) is 0 Å². The summed E-state index contributed by atoms with van der Waals surface area (Å²) in [6.07, 6.45) is 4.59. The van der Waals surface area contributed by atoms with E-state index in [4.69, 9.17) is 0 Å². The molecule has 2 rings (SSSR count). The fourth-order valence-corrected chi connectivity index (χ4v) is 3.18. The Bertz CT molecular complexity index is 364. The molecule has 0 saturated heterocycles. The molecule has 0 radical (unpaired) electrons. The van der Waals surface area contributed by atoms with Crippen LogP contribution in [0.3, 0.4) is 0 Å². The summed E-state index contributed by atoms with van der Waals surface area (Å²) in [5, 5.41) is 21.9. The molecule has 0 bridgehead atoms. The van der Waals surface area contributed by atoms with Gasteiger partial charge in [0.15, 0.2) is 0 Å². The van der Waals surface area contributed by atoms with Crippen molar-refractivity contribution in [2.24, 2.45) is 17.8 Å². The number of carboxylic acids is 1. The summed E-state index contributed by atoms with van der Waals surface area (Å²) in [5.74, 6) is -1.77. The standard InChI is InChI=1S/C14H23NO4/c1-2-9-6-10(11(7-9)13(17)18)12(16)15-8-14(19)4-3-5-14/h9-11,19H,2-8H2,1H3,(H,15,16)(H,17,18). The van der Waals surface area contributed by atoms with Crippen LogP contribution < -0.4 is 5.32 Å². The summed E-state index contributed by atoms with van der Waals surface area (Å²) in [7, 11) is 0. The highest BCUT2D eigenvalue weighted by molar-refractivity contribution is 5.85. The normalized spacial score (nSPS) is 32.6. The fourth-order valence-electron chi connectivity index (χ4n) is 3.18. The van der Waals surface area contributed by atoms with Crippen molar-refractivity contribution in [3.8, 4) is 0 Å². The van der Waals surface area contributed by atoms with E-state index < -0.39 is 23.4 Å². The second-order valence-electron chi connectivity index (χ2n) is 6.09. The third-order valence-electron chi connectivity index (χ3n) is 4.77. The first-order valence-electron chi connectivity index (χ1n) is 7.18. The number of carboxylic acid groups (broad SMARTS) is 1. The number of carbonyl (C=O) groups is 2. The first-order valence-corrected chi connectivity index (χ1v) is 7.18. The molecule has 19 heavy (non-hydrogen) atoms. The molecule has 2 fully saturated rings. The number of hydrogen-bond donors (Lipinski definition) is 3. The molecule has 0 aromatic heterocycles. The molecule has 0 aromatic rings. The Morgan fingerprint density at radius 1 is 1.26 bits per heavy atom. The summed E-state index contributed by atoms with van der Waals surface area (Å²) < 4.78 is 0. The van der Waals surface area contributed by atoms with Crippen LogP contribution in [0.1, 0.15) is 45.4 Å². The zero-order chi connectivity index (χ0) is 14.0. The number of carbonyl (C=O) groups excluding carboxylic acids is 1. The van der Waals surface area contributed by atoms with Crippen LogP contribution in [0, 0.1) is 17.8 Å². The highest BCUT2D eigenvalue weighted by Crippen LogP contribution is 2.38. The highest BCUT2D eigenvalue weighted by Gasteiger charge is 2.43. The van der Waals surface area contributed by atoms with Crippen LogP contribution >= 0.6 is 0 Å². The summed E-state index contributed by atoms with van der Waals surface area (Å²) in [4.78, 5) is 23.3. The lowest BCUT2D eigenvalue weighted by atomic mass is 9.80. The fraction of sp³-hybridized carbons (Fsp3) is 0.857. The smallest absolute Gasteiger partial charge is 0.307 e. The number of hydrogen-bond acceptors (Lipinski definition) is 3. The second kappa shape index (κ2) is 5.49. The predicted molar refractivity (Wildman–Crippen MR) is 69.4 cm³/mol. The Kier molecular flexibility index (Phi) is 4.13. The first-order chi connectivity index (χ1) is 8.95. The molecule has 0 aliphatic heterocycles. The van der Waals surface area contributed by atoms with Crippen LogP contribution in [0.4, 0.5) is 0 Å². The molecule has 3 N–H and O–H groups in total. The minimum atomic E-state index is -0.876. The second-order valence-corrected chi connectivity index (χ2v) is 6.09. The van der Waals surface area contributed by atoms with Gasteiger partial charge in [0.2, 0.25) is 5.91 Å². The number of aliphatic carboxylic acids is 1. The Morgan fingerprint density at radius 3 is 2.37 bits per heavy atom. The highest BCUT2D eigenvalue weighted by atomic mass is 16.4. The van der Waals surface area contributed by atoms with Gasteiger partial charge in [-0.15, -0.1) is 0 Å². The SMILES string of the molecule is CCC1CC(C(=O)O)C(C(=O)NCC2(O)CCC2)C1. The average molecular weight is 269 g/mol. The van der Waals surface area contributed by atoms with Gasteiger partial charge < -0.3 is 15.5 Å². The number of rotatable bonds is 5. The van der Waals surface area contributed by atoms with E-state index in [1.54, 1.807) is 0 Å². The van der Waals surface area contributed by atoms with E-state index >= 15 is 0 Å². The average Bonchev–Trinajstić information content (AvgIpc) is 2.78. The van der Waals surface area contributed by atoms with Gasteiger partial charge in [0.05, 0.1) is 17.4 Å². The molecule has 1 amide bonds. The van der Waals surface area contributed by atoms with E-state index in [0.29, 0.717) is 18.8 Å². The molecule has 5 nitrogen and oxygen atoms in total. The third kappa shape index (κ3) is 3.08. The minimum Gasteiger partial charge on any atom is -0.481 e. The van der Waals surface area contributed by atoms with Gasteiger partial charge in [-0.3, -0.25) is 9.59 Å². The van der Waals surface area contributed by atoms with Crippen molar-refractivity contribution in [3.63, 3.8) is 0 Å². The van der Waals surface area contributed by atoms with Crippen LogP contribution in [0.25, 0.3) is 0 Å². The Balaban J connectivity index is 1.91. The van der Waals surface area contributed by atoms with Crippen LogP contribution in [-0.2, 0) is 9.59 Å². The minimum absolute atomic E-state index is 0.205. The molecule has 3 atom stereocenters. The Morgan fingerprint density at radius 2 is 1.89 bits per heavy atom. The summed E-state index contributed by atoms with van der Waals surface area (Å²) >= 11 is 0. The van der Waals surface area contributed by atoms with Crippen molar-refractivity contribution in [1.82, 2.24) is 5.32 Å². The van der Waals surface area contributed by atoms with Crippen LogP contribution in [-0.4, -0.2) is 34.2 Å². The number of nitrogens with one attached hydrogen (secondary N) is 1. The van der Waals surface area contributed by atoms with Crippen molar-refractivity contribution in [3.05, 3.63) is 0 Å². The molecule has 2 saturated carbocycles. The van der Waals surface area contributed by atoms with E-state index in [-0.39, 0.29) is 12.5 Å². The Hall–Kier alpha value is -1.10. The molecular formula is C14H23NO4. The van der Waals surface area contributed by atoms with Crippen LogP contribution in [0.2, 0.25) is 0 Å². The monoisotopic (exact) mass is 269 g/mol. The lowest BCUT2D eigenvalue weighted by molar-refractivity contribution is -0.146. The molecule has 0 aromatic carbocycles. The maximum atomic E-state index is 12.1. The molecule has 3 unspecified atom stereocenters. The molecule has 0 spiro atoms. The predicted octanol–water partition coefficient (Wildman–Crippen LogP) is 1.15. The molecule has 5 heteroatoms. The van der Waals surface area contributed by atoms with Gasteiger partial charge in [-0.05, 0) is 38.0 Å². The summed E-state index contributed by atoms with van der Waals surface area (Å²) in [6.45, 7) is 2.28. The third-order valence-corrected chi connectivity index (χ3v) is 4.77. The molecule has 2 aliphatic carbocycles. The van der Waals surface area contributed by atoms with Gasteiger partial charge in [-0.1, -0.05) is 13.3 Å². The van der Waals surface area contributed by atoms with E-state index in [0.717, 1.165) is 25.7 Å². The van der Waals surface area contributed by atoms with Crippen molar-refractivity contribution >= 4 is 11.9 Å². The van der Waals surface area contributed by atoms with Crippen molar-refractivity contribution < 1.29 is 19.8 Å². The molecule has 2 aliphatic rings. The van der Waals surface area contributed by atoms with E-state index in [1.807, 2.05) is 6.92 Å². The van der Waals surface area contributed by atoms with Crippen molar-refractivity contribution in [1.29, 1.82) is 0 Å². The lowest BCUT2D eigenvalue weighted by Gasteiger charge is -2.36. The maximum Gasteiger partial charge on any atom is 0.307 e. The maximum absolute atomic E-state index is 12.1. The first kappa shape index (κ1) is 14.3. The number of aliphatic hydroxyl groups is 1. The zero-order valence-electron chi connectivity index (χ0n) is 11.4. The van der Waals surface area contributed by atoms with E-state index in [9.17, 15) is 19.8 Å². The summed E-state index contributed by atoms with van der Waals surface area (Å²) in [5.41, 5.74) is -0.753. The largest absolute Gasteiger partial charge is 0.481 e. The van der Waals surface area contributed by atoms with Crippen LogP contribution in [0.15, 0.2) is 0 Å². The topological polar surface area (TPSA) is 86.6 Å². The van der Waals surface area contributed by atoms with E-state index in [2.05, 4.69) is 5.32 Å². The lowest BCUT2D eigenvalue weighted by Crippen LogP contribution is -2.49. The van der Waals surface area contributed by atoms with Gasteiger partial charge in [0, 0.05) is 6.54 Å². The van der Waals surface area contributed by atoms with Crippen molar-refractivity contribution in [2.75, 3.05) is 6.54 Å². The summed E-state index contributed by atoms with van der Waals surface area (Å²) in [6, 6.07) is 0. The Labute approximate surface area is 113 Å². The molecule has 108 valence electrons. The van der Waals surface area contributed by atoms with Gasteiger partial charge in [-0.2, -0.15) is 0 Å². The van der Waals surface area contributed by atoms with Gasteiger partial charge in [0.1, 0.15) is 0 Å². The number of amides is 1. The van der Waals surface area contributed by atoms with Gasteiger partial charge in [0.25, 0.3) is 0 Å².